The topological polar surface area (TPSA) is 38.8 Å². The number of piperidine rings is 1. The molecule has 0 bridgehead atoms. The zero-order chi connectivity index (χ0) is 12.5. The van der Waals surface area contributed by atoms with E-state index in [-0.39, 0.29) is 12.0 Å². The molecule has 0 spiro atoms. The fraction of sp³-hybridized carbons (Fsp3) is 0.923. The van der Waals surface area contributed by atoms with Gasteiger partial charge in [0, 0.05) is 13.2 Å². The Morgan fingerprint density at radius 1 is 1.29 bits per heavy atom. The molecule has 100 valence electrons. The van der Waals surface area contributed by atoms with Gasteiger partial charge in [0.1, 0.15) is 6.04 Å². The second-order valence-electron chi connectivity index (χ2n) is 4.41. The van der Waals surface area contributed by atoms with Crippen LogP contribution >= 0.6 is 0 Å². The van der Waals surface area contributed by atoms with E-state index < -0.39 is 0 Å². The molecular formula is C13H25NO3. The maximum Gasteiger partial charge on any atom is 0.323 e. The van der Waals surface area contributed by atoms with Gasteiger partial charge in [0.25, 0.3) is 0 Å². The van der Waals surface area contributed by atoms with E-state index >= 15 is 0 Å². The summed E-state index contributed by atoms with van der Waals surface area (Å²) in [5, 5.41) is 0. The monoisotopic (exact) mass is 243 g/mol. The minimum atomic E-state index is -0.0670. The van der Waals surface area contributed by atoms with Crippen molar-refractivity contribution in [3.05, 3.63) is 0 Å². The lowest BCUT2D eigenvalue weighted by Gasteiger charge is -2.33. The lowest BCUT2D eigenvalue weighted by molar-refractivity contribution is -0.151. The highest BCUT2D eigenvalue weighted by atomic mass is 16.5. The molecule has 0 amide bonds. The van der Waals surface area contributed by atoms with E-state index in [1.165, 1.54) is 6.42 Å². The molecule has 0 N–H and O–H groups in total. The Balaban J connectivity index is 2.34. The van der Waals surface area contributed by atoms with Crippen LogP contribution in [0.25, 0.3) is 0 Å². The average Bonchev–Trinajstić information content (AvgIpc) is 2.35. The Morgan fingerprint density at radius 2 is 2.12 bits per heavy atom. The first-order valence-corrected chi connectivity index (χ1v) is 6.78. The number of hydrogen-bond acceptors (Lipinski definition) is 4. The number of carbonyl (C=O) groups excluding carboxylic acids is 1. The van der Waals surface area contributed by atoms with E-state index in [1.54, 1.807) is 0 Å². The third-order valence-corrected chi connectivity index (χ3v) is 3.04. The van der Waals surface area contributed by atoms with Crippen LogP contribution in [0.5, 0.6) is 0 Å². The Labute approximate surface area is 104 Å². The van der Waals surface area contributed by atoms with E-state index in [2.05, 4.69) is 11.8 Å². The first-order valence-electron chi connectivity index (χ1n) is 6.78. The van der Waals surface area contributed by atoms with Crippen LogP contribution in [0, 0.1) is 0 Å². The van der Waals surface area contributed by atoms with Gasteiger partial charge in [0.15, 0.2) is 0 Å². The van der Waals surface area contributed by atoms with E-state index in [4.69, 9.17) is 9.47 Å². The molecule has 0 saturated carbocycles. The van der Waals surface area contributed by atoms with Crippen LogP contribution in [0.1, 0.15) is 39.5 Å². The molecule has 0 aromatic carbocycles. The Hall–Kier alpha value is -0.610. The minimum absolute atomic E-state index is 0.0473. The zero-order valence-electron chi connectivity index (χ0n) is 11.1. The van der Waals surface area contributed by atoms with Gasteiger partial charge < -0.3 is 9.47 Å². The molecule has 0 radical (unpaired) electrons. The van der Waals surface area contributed by atoms with E-state index in [9.17, 15) is 4.79 Å². The van der Waals surface area contributed by atoms with Crippen molar-refractivity contribution in [3.63, 3.8) is 0 Å². The summed E-state index contributed by atoms with van der Waals surface area (Å²) in [6.45, 7) is 7.76. The molecule has 1 saturated heterocycles. The van der Waals surface area contributed by atoms with Crippen molar-refractivity contribution in [2.45, 2.75) is 45.6 Å². The van der Waals surface area contributed by atoms with Gasteiger partial charge in [-0.2, -0.15) is 0 Å². The van der Waals surface area contributed by atoms with Crippen molar-refractivity contribution in [3.8, 4) is 0 Å². The van der Waals surface area contributed by atoms with Gasteiger partial charge >= 0.3 is 5.97 Å². The molecule has 0 aromatic rings. The van der Waals surface area contributed by atoms with Gasteiger partial charge in [0.2, 0.25) is 0 Å². The third kappa shape index (κ3) is 5.04. The smallest absolute Gasteiger partial charge is 0.323 e. The fourth-order valence-corrected chi connectivity index (χ4v) is 2.19. The van der Waals surface area contributed by atoms with Crippen LogP contribution in [-0.4, -0.2) is 49.8 Å². The molecular weight excluding hydrogens is 218 g/mol. The van der Waals surface area contributed by atoms with Crippen LogP contribution in [0.3, 0.4) is 0 Å². The number of hydrogen-bond donors (Lipinski definition) is 0. The lowest BCUT2D eigenvalue weighted by Crippen LogP contribution is -2.46. The van der Waals surface area contributed by atoms with Crippen LogP contribution < -0.4 is 0 Å². The van der Waals surface area contributed by atoms with E-state index in [0.717, 1.165) is 39.0 Å². The van der Waals surface area contributed by atoms with E-state index in [1.807, 2.05) is 6.92 Å². The molecule has 1 heterocycles. The summed E-state index contributed by atoms with van der Waals surface area (Å²) < 4.78 is 10.6. The lowest BCUT2D eigenvalue weighted by atomic mass is 10.0. The first kappa shape index (κ1) is 14.5. The SMILES string of the molecule is CCCOCCN1CCCCC1C(=O)OCC. The maximum atomic E-state index is 11.8. The van der Waals surface area contributed by atoms with Gasteiger partial charge in [-0.25, -0.2) is 0 Å². The zero-order valence-corrected chi connectivity index (χ0v) is 11.1. The number of rotatable bonds is 7. The molecule has 1 unspecified atom stereocenters. The molecule has 4 heteroatoms. The van der Waals surface area contributed by atoms with E-state index in [0.29, 0.717) is 13.2 Å². The van der Waals surface area contributed by atoms with Gasteiger partial charge in [-0.3, -0.25) is 9.69 Å². The standard InChI is InChI=1S/C13H25NO3/c1-3-10-16-11-9-14-8-6-5-7-12(14)13(15)17-4-2/h12H,3-11H2,1-2H3. The Morgan fingerprint density at radius 3 is 2.82 bits per heavy atom. The number of carbonyl (C=O) groups is 1. The Bertz CT molecular complexity index is 221. The van der Waals surface area contributed by atoms with Gasteiger partial charge in [0.05, 0.1) is 13.2 Å². The highest BCUT2D eigenvalue weighted by Gasteiger charge is 2.29. The van der Waals surface area contributed by atoms with Crippen molar-refractivity contribution in [2.24, 2.45) is 0 Å². The molecule has 4 nitrogen and oxygen atoms in total. The number of ether oxygens (including phenoxy) is 2. The third-order valence-electron chi connectivity index (χ3n) is 3.04. The Kier molecular flexibility index (Phi) is 7.21. The van der Waals surface area contributed by atoms with Crippen LogP contribution in [0.15, 0.2) is 0 Å². The quantitative estimate of drug-likeness (QED) is 0.505. The molecule has 1 aliphatic rings. The van der Waals surface area contributed by atoms with Gasteiger partial charge in [-0.1, -0.05) is 13.3 Å². The highest BCUT2D eigenvalue weighted by molar-refractivity contribution is 5.75. The normalized spacial score (nSPS) is 21.4. The van der Waals surface area contributed by atoms with Crippen molar-refractivity contribution in [1.82, 2.24) is 4.90 Å². The summed E-state index contributed by atoms with van der Waals surface area (Å²) >= 11 is 0. The molecule has 1 aliphatic heterocycles. The summed E-state index contributed by atoms with van der Waals surface area (Å²) in [5.41, 5.74) is 0. The molecule has 17 heavy (non-hydrogen) atoms. The van der Waals surface area contributed by atoms with Crippen molar-refractivity contribution >= 4 is 5.97 Å². The molecule has 1 fully saturated rings. The number of nitrogens with zero attached hydrogens (tertiary/aromatic N) is 1. The summed E-state index contributed by atoms with van der Waals surface area (Å²) in [6.07, 6.45) is 4.26. The molecule has 0 aliphatic carbocycles. The van der Waals surface area contributed by atoms with Gasteiger partial charge in [-0.05, 0) is 32.7 Å². The van der Waals surface area contributed by atoms with Crippen LogP contribution in [-0.2, 0) is 14.3 Å². The summed E-state index contributed by atoms with van der Waals surface area (Å²) in [7, 11) is 0. The predicted octanol–water partition coefficient (Wildman–Crippen LogP) is 1.83. The second-order valence-corrected chi connectivity index (χ2v) is 4.41. The molecule has 1 atom stereocenters. The molecule has 0 aromatic heterocycles. The maximum absolute atomic E-state index is 11.8. The highest BCUT2D eigenvalue weighted by Crippen LogP contribution is 2.17. The number of likely N-dealkylation sites (tertiary alicyclic amines) is 1. The molecule has 1 rings (SSSR count). The fourth-order valence-electron chi connectivity index (χ4n) is 2.19. The van der Waals surface area contributed by atoms with Crippen LogP contribution in [0.4, 0.5) is 0 Å². The van der Waals surface area contributed by atoms with Gasteiger partial charge in [-0.15, -0.1) is 0 Å². The van der Waals surface area contributed by atoms with Crippen LogP contribution in [0.2, 0.25) is 0 Å². The minimum Gasteiger partial charge on any atom is -0.465 e. The summed E-state index contributed by atoms with van der Waals surface area (Å²) in [4.78, 5) is 14.0. The summed E-state index contributed by atoms with van der Waals surface area (Å²) in [5.74, 6) is -0.0670. The second kappa shape index (κ2) is 8.48. The number of esters is 1. The summed E-state index contributed by atoms with van der Waals surface area (Å²) in [6, 6.07) is -0.0473. The largest absolute Gasteiger partial charge is 0.465 e. The average molecular weight is 243 g/mol. The van der Waals surface area contributed by atoms with Crippen molar-refractivity contribution < 1.29 is 14.3 Å². The van der Waals surface area contributed by atoms with Crippen molar-refractivity contribution in [2.75, 3.05) is 32.9 Å². The van der Waals surface area contributed by atoms with Crippen molar-refractivity contribution in [1.29, 1.82) is 0 Å². The first-order chi connectivity index (χ1) is 8.29. The predicted molar refractivity (Wildman–Crippen MR) is 67.0 cm³/mol.